The fourth-order valence-electron chi connectivity index (χ4n) is 1.31. The first kappa shape index (κ1) is 11.4. The van der Waals surface area contributed by atoms with Gasteiger partial charge in [-0.05, 0) is 19.3 Å². The van der Waals surface area contributed by atoms with Crippen molar-refractivity contribution >= 4 is 23.6 Å². The summed E-state index contributed by atoms with van der Waals surface area (Å²) in [4.78, 5) is 23.4. The highest BCUT2D eigenvalue weighted by Crippen LogP contribution is 2.23. The molecule has 5 heteroatoms. The number of carbonyl (C=O) groups excluding carboxylic acids is 1. The van der Waals surface area contributed by atoms with Crippen LogP contribution in [0.15, 0.2) is 0 Å². The molecule has 1 aliphatic carbocycles. The Balaban J connectivity index is 2.16. The third-order valence-electron chi connectivity index (χ3n) is 2.47. The summed E-state index contributed by atoms with van der Waals surface area (Å²) in [5.41, 5.74) is 0. The SMILES string of the molecule is CN(C(=O)CSCC(=O)O)C1CCC1. The van der Waals surface area contributed by atoms with E-state index in [2.05, 4.69) is 0 Å². The number of rotatable bonds is 5. The third kappa shape index (κ3) is 3.21. The van der Waals surface area contributed by atoms with Crippen molar-refractivity contribution in [1.82, 2.24) is 4.90 Å². The fraction of sp³-hybridized carbons (Fsp3) is 0.778. The van der Waals surface area contributed by atoms with Crippen LogP contribution >= 0.6 is 11.8 Å². The van der Waals surface area contributed by atoms with Gasteiger partial charge in [-0.2, -0.15) is 0 Å². The van der Waals surface area contributed by atoms with E-state index in [-0.39, 0.29) is 17.4 Å². The standard InChI is InChI=1S/C9H15NO3S/c1-10(7-3-2-4-7)8(11)5-14-6-9(12)13/h7H,2-6H2,1H3,(H,12,13). The van der Waals surface area contributed by atoms with Gasteiger partial charge in [0.25, 0.3) is 0 Å². The molecule has 0 saturated heterocycles. The number of carbonyl (C=O) groups is 2. The van der Waals surface area contributed by atoms with Gasteiger partial charge in [0.1, 0.15) is 0 Å². The van der Waals surface area contributed by atoms with E-state index in [0.717, 1.165) is 24.6 Å². The first-order chi connectivity index (χ1) is 6.61. The molecule has 4 nitrogen and oxygen atoms in total. The molecule has 1 amide bonds. The molecule has 0 atom stereocenters. The van der Waals surface area contributed by atoms with Crippen molar-refractivity contribution in [2.45, 2.75) is 25.3 Å². The number of thioether (sulfide) groups is 1. The highest BCUT2D eigenvalue weighted by Gasteiger charge is 2.25. The first-order valence-corrected chi connectivity index (χ1v) is 5.82. The quantitative estimate of drug-likeness (QED) is 0.740. The van der Waals surface area contributed by atoms with Crippen LogP contribution in [0.2, 0.25) is 0 Å². The lowest BCUT2D eigenvalue weighted by Gasteiger charge is -2.34. The summed E-state index contributed by atoms with van der Waals surface area (Å²) in [5.74, 6) is -0.543. The lowest BCUT2D eigenvalue weighted by Crippen LogP contribution is -2.42. The smallest absolute Gasteiger partial charge is 0.313 e. The summed E-state index contributed by atoms with van der Waals surface area (Å²) in [7, 11) is 1.80. The van der Waals surface area contributed by atoms with Gasteiger partial charge in [-0.3, -0.25) is 9.59 Å². The maximum absolute atomic E-state index is 11.5. The van der Waals surface area contributed by atoms with Crippen molar-refractivity contribution in [3.63, 3.8) is 0 Å². The van der Waals surface area contributed by atoms with Crippen LogP contribution in [0.25, 0.3) is 0 Å². The van der Waals surface area contributed by atoms with Gasteiger partial charge in [-0.15, -0.1) is 11.8 Å². The topological polar surface area (TPSA) is 57.6 Å². The van der Waals surface area contributed by atoms with Gasteiger partial charge in [0, 0.05) is 13.1 Å². The van der Waals surface area contributed by atoms with Crippen molar-refractivity contribution in [1.29, 1.82) is 0 Å². The predicted octanol–water partition coefficient (Wildman–Crippen LogP) is 0.815. The van der Waals surface area contributed by atoms with Gasteiger partial charge in [-0.1, -0.05) is 0 Å². The minimum Gasteiger partial charge on any atom is -0.481 e. The van der Waals surface area contributed by atoms with Crippen LogP contribution in [0, 0.1) is 0 Å². The number of carboxylic acids is 1. The number of amides is 1. The predicted molar refractivity (Wildman–Crippen MR) is 55.4 cm³/mol. The first-order valence-electron chi connectivity index (χ1n) is 4.66. The minimum absolute atomic E-state index is 0.00421. The largest absolute Gasteiger partial charge is 0.481 e. The number of aliphatic carboxylic acids is 1. The highest BCUT2D eigenvalue weighted by molar-refractivity contribution is 8.00. The summed E-state index contributed by atoms with van der Waals surface area (Å²) < 4.78 is 0. The lowest BCUT2D eigenvalue weighted by molar-refractivity contribution is -0.133. The van der Waals surface area contributed by atoms with Crippen LogP contribution in [0.1, 0.15) is 19.3 Å². The Kier molecular flexibility index (Phi) is 4.25. The normalized spacial score (nSPS) is 16.1. The Morgan fingerprint density at radius 1 is 1.43 bits per heavy atom. The second kappa shape index (κ2) is 5.24. The highest BCUT2D eigenvalue weighted by atomic mass is 32.2. The zero-order chi connectivity index (χ0) is 10.6. The van der Waals surface area contributed by atoms with Gasteiger partial charge in [0.15, 0.2) is 0 Å². The fourth-order valence-corrected chi connectivity index (χ4v) is 1.96. The molecular formula is C9H15NO3S. The van der Waals surface area contributed by atoms with Crippen LogP contribution in [0.4, 0.5) is 0 Å². The second-order valence-electron chi connectivity index (χ2n) is 3.48. The van der Waals surface area contributed by atoms with E-state index >= 15 is 0 Å². The molecule has 0 bridgehead atoms. The zero-order valence-electron chi connectivity index (χ0n) is 8.23. The van der Waals surface area contributed by atoms with Gasteiger partial charge in [-0.25, -0.2) is 0 Å². The maximum atomic E-state index is 11.5. The van der Waals surface area contributed by atoms with Gasteiger partial charge < -0.3 is 10.0 Å². The number of nitrogens with zero attached hydrogens (tertiary/aromatic N) is 1. The van der Waals surface area contributed by atoms with Crippen molar-refractivity contribution < 1.29 is 14.7 Å². The summed E-state index contributed by atoms with van der Waals surface area (Å²) in [6, 6.07) is 0.396. The average molecular weight is 217 g/mol. The monoisotopic (exact) mass is 217 g/mol. The minimum atomic E-state index is -0.867. The molecule has 0 aromatic heterocycles. The molecule has 1 rings (SSSR count). The van der Waals surface area contributed by atoms with Crippen molar-refractivity contribution in [2.24, 2.45) is 0 Å². The van der Waals surface area contributed by atoms with E-state index < -0.39 is 5.97 Å². The molecule has 0 aliphatic heterocycles. The Bertz CT molecular complexity index is 228. The molecule has 1 saturated carbocycles. The average Bonchev–Trinajstić information content (AvgIpc) is 2.00. The summed E-state index contributed by atoms with van der Waals surface area (Å²) >= 11 is 1.16. The summed E-state index contributed by atoms with van der Waals surface area (Å²) in [6.45, 7) is 0. The van der Waals surface area contributed by atoms with Crippen molar-refractivity contribution in [3.8, 4) is 0 Å². The van der Waals surface area contributed by atoms with Crippen molar-refractivity contribution in [3.05, 3.63) is 0 Å². The molecule has 0 heterocycles. The zero-order valence-corrected chi connectivity index (χ0v) is 9.05. The van der Waals surface area contributed by atoms with E-state index in [9.17, 15) is 9.59 Å². The van der Waals surface area contributed by atoms with Crippen molar-refractivity contribution in [2.75, 3.05) is 18.6 Å². The molecule has 1 N–H and O–H groups in total. The Morgan fingerprint density at radius 2 is 2.07 bits per heavy atom. The Morgan fingerprint density at radius 3 is 2.50 bits per heavy atom. The van der Waals surface area contributed by atoms with Crippen LogP contribution in [-0.2, 0) is 9.59 Å². The summed E-state index contributed by atoms with van der Waals surface area (Å²) in [5, 5.41) is 8.39. The van der Waals surface area contributed by atoms with E-state index in [1.807, 2.05) is 0 Å². The third-order valence-corrected chi connectivity index (χ3v) is 3.37. The molecule has 0 spiro atoms. The van der Waals surface area contributed by atoms with Crippen LogP contribution in [0.3, 0.4) is 0 Å². The number of hydrogen-bond donors (Lipinski definition) is 1. The second-order valence-corrected chi connectivity index (χ2v) is 4.46. The Labute approximate surface area is 87.7 Å². The summed E-state index contributed by atoms with van der Waals surface area (Å²) in [6.07, 6.45) is 3.38. The van der Waals surface area contributed by atoms with E-state index in [1.165, 1.54) is 6.42 Å². The van der Waals surface area contributed by atoms with Crippen LogP contribution < -0.4 is 0 Å². The van der Waals surface area contributed by atoms with Gasteiger partial charge >= 0.3 is 5.97 Å². The molecule has 80 valence electrons. The molecule has 1 fully saturated rings. The lowest BCUT2D eigenvalue weighted by atomic mass is 9.92. The molecule has 1 aliphatic rings. The molecule has 0 aromatic carbocycles. The van der Waals surface area contributed by atoms with Gasteiger partial charge in [0.2, 0.25) is 5.91 Å². The number of hydrogen-bond acceptors (Lipinski definition) is 3. The van der Waals surface area contributed by atoms with Crippen LogP contribution in [0.5, 0.6) is 0 Å². The van der Waals surface area contributed by atoms with E-state index in [0.29, 0.717) is 6.04 Å². The molecule has 0 aromatic rings. The Hall–Kier alpha value is -0.710. The molecule has 14 heavy (non-hydrogen) atoms. The maximum Gasteiger partial charge on any atom is 0.313 e. The van der Waals surface area contributed by atoms with Gasteiger partial charge in [0.05, 0.1) is 11.5 Å². The molecule has 0 unspecified atom stereocenters. The van der Waals surface area contributed by atoms with E-state index in [4.69, 9.17) is 5.11 Å². The van der Waals surface area contributed by atoms with E-state index in [1.54, 1.807) is 11.9 Å². The molecular weight excluding hydrogens is 202 g/mol. The molecule has 0 radical (unpaired) electrons. The van der Waals surface area contributed by atoms with Crippen LogP contribution in [-0.4, -0.2) is 46.5 Å². The number of carboxylic acid groups (broad SMARTS) is 1.